The third-order valence-corrected chi connectivity index (χ3v) is 6.12. The number of aromatic amines is 1. The number of benzene rings is 1. The van der Waals surface area contributed by atoms with Gasteiger partial charge < -0.3 is 4.90 Å². The summed E-state index contributed by atoms with van der Waals surface area (Å²) in [5, 5.41) is 3.22. The zero-order valence-electron chi connectivity index (χ0n) is 13.7. The van der Waals surface area contributed by atoms with E-state index >= 15 is 0 Å². The molecule has 7 nitrogen and oxygen atoms in total. The van der Waals surface area contributed by atoms with E-state index in [4.69, 9.17) is 0 Å². The SMILES string of the molecule is CN(CC[C@@H]1Cc2ccccc2C(S(C)(=O)=O)C1)c1noc(=O)[nH]1. The molecule has 1 aliphatic rings. The molecule has 1 aliphatic carbocycles. The van der Waals surface area contributed by atoms with Crippen LogP contribution in [-0.4, -0.2) is 38.4 Å². The van der Waals surface area contributed by atoms with Crippen molar-refractivity contribution in [2.24, 2.45) is 5.92 Å². The molecule has 1 heterocycles. The summed E-state index contributed by atoms with van der Waals surface area (Å²) in [6.07, 6.45) is 3.61. The lowest BCUT2D eigenvalue weighted by molar-refractivity contribution is 0.384. The molecule has 130 valence electrons. The van der Waals surface area contributed by atoms with Crippen molar-refractivity contribution >= 4 is 15.8 Å². The number of aromatic nitrogens is 2. The van der Waals surface area contributed by atoms with E-state index in [2.05, 4.69) is 14.7 Å². The van der Waals surface area contributed by atoms with Crippen molar-refractivity contribution in [2.75, 3.05) is 24.7 Å². The highest BCUT2D eigenvalue weighted by molar-refractivity contribution is 7.90. The van der Waals surface area contributed by atoms with Crippen LogP contribution in [0.15, 0.2) is 33.6 Å². The second-order valence-corrected chi connectivity index (χ2v) is 8.68. The molecular formula is C16H21N3O4S. The van der Waals surface area contributed by atoms with Crippen LogP contribution in [0.3, 0.4) is 0 Å². The Morgan fingerprint density at radius 1 is 1.38 bits per heavy atom. The van der Waals surface area contributed by atoms with Gasteiger partial charge in [-0.05, 0) is 41.5 Å². The average molecular weight is 351 g/mol. The Morgan fingerprint density at radius 2 is 2.12 bits per heavy atom. The summed E-state index contributed by atoms with van der Waals surface area (Å²) in [4.78, 5) is 15.3. The average Bonchev–Trinajstić information content (AvgIpc) is 2.97. The van der Waals surface area contributed by atoms with Crippen LogP contribution in [0.25, 0.3) is 0 Å². The van der Waals surface area contributed by atoms with Crippen LogP contribution < -0.4 is 10.7 Å². The summed E-state index contributed by atoms with van der Waals surface area (Å²) >= 11 is 0. The van der Waals surface area contributed by atoms with E-state index < -0.39 is 20.8 Å². The number of rotatable bonds is 5. The van der Waals surface area contributed by atoms with Gasteiger partial charge in [0.1, 0.15) is 0 Å². The Labute approximate surface area is 140 Å². The van der Waals surface area contributed by atoms with Crippen LogP contribution in [0.2, 0.25) is 0 Å². The maximum absolute atomic E-state index is 12.2. The molecule has 0 amide bonds. The number of nitrogens with zero attached hydrogens (tertiary/aromatic N) is 2. The normalized spacial score (nSPS) is 20.6. The number of anilines is 1. The van der Waals surface area contributed by atoms with Crippen molar-refractivity contribution in [1.29, 1.82) is 0 Å². The standard InChI is InChI=1S/C16H21N3O4S/c1-19(15-17-16(20)23-18-15)8-7-11-9-12-5-3-4-6-13(12)14(10-11)24(2,21)22/h3-6,11,14H,7-10H2,1-2H3,(H,17,18,20)/t11-,14?/m1/s1. The number of nitrogens with one attached hydrogen (secondary N) is 1. The van der Waals surface area contributed by atoms with Gasteiger partial charge in [-0.15, -0.1) is 0 Å². The summed E-state index contributed by atoms with van der Waals surface area (Å²) < 4.78 is 28.9. The van der Waals surface area contributed by atoms with Crippen LogP contribution in [0.5, 0.6) is 0 Å². The second kappa shape index (κ2) is 6.43. The molecule has 2 atom stereocenters. The lowest BCUT2D eigenvalue weighted by Crippen LogP contribution is -2.28. The molecule has 1 aromatic carbocycles. The topological polar surface area (TPSA) is 96.3 Å². The van der Waals surface area contributed by atoms with Gasteiger partial charge in [-0.3, -0.25) is 9.51 Å². The lowest BCUT2D eigenvalue weighted by Gasteiger charge is -2.31. The van der Waals surface area contributed by atoms with E-state index in [0.29, 0.717) is 18.9 Å². The van der Waals surface area contributed by atoms with Crippen molar-refractivity contribution in [3.63, 3.8) is 0 Å². The molecule has 24 heavy (non-hydrogen) atoms. The first-order valence-corrected chi connectivity index (χ1v) is 9.84. The zero-order valence-corrected chi connectivity index (χ0v) is 14.5. The quantitative estimate of drug-likeness (QED) is 0.878. The van der Waals surface area contributed by atoms with Gasteiger partial charge >= 0.3 is 5.76 Å². The van der Waals surface area contributed by atoms with Crippen molar-refractivity contribution in [3.8, 4) is 0 Å². The zero-order chi connectivity index (χ0) is 17.3. The Balaban J connectivity index is 1.73. The molecule has 8 heteroatoms. The molecule has 1 unspecified atom stereocenters. The van der Waals surface area contributed by atoms with Crippen LogP contribution in [0, 0.1) is 5.92 Å². The van der Waals surface area contributed by atoms with Gasteiger partial charge in [0, 0.05) is 19.8 Å². The summed E-state index contributed by atoms with van der Waals surface area (Å²) in [6.45, 7) is 0.659. The fourth-order valence-corrected chi connectivity index (χ4v) is 4.67. The minimum Gasteiger partial charge on any atom is -0.343 e. The molecular weight excluding hydrogens is 330 g/mol. The molecule has 0 aliphatic heterocycles. The Kier molecular flexibility index (Phi) is 4.49. The first-order valence-electron chi connectivity index (χ1n) is 7.88. The molecule has 0 spiro atoms. The van der Waals surface area contributed by atoms with Gasteiger partial charge in [-0.25, -0.2) is 13.2 Å². The van der Waals surface area contributed by atoms with Crippen molar-refractivity contribution in [2.45, 2.75) is 24.5 Å². The highest BCUT2D eigenvalue weighted by Gasteiger charge is 2.33. The fourth-order valence-electron chi connectivity index (χ4n) is 3.35. The molecule has 0 saturated heterocycles. The summed E-state index contributed by atoms with van der Waals surface area (Å²) in [6, 6.07) is 7.78. The summed E-state index contributed by atoms with van der Waals surface area (Å²) in [5.41, 5.74) is 2.05. The number of fused-ring (bicyclic) bond motifs is 1. The highest BCUT2D eigenvalue weighted by atomic mass is 32.2. The Morgan fingerprint density at radius 3 is 2.79 bits per heavy atom. The molecule has 1 aromatic heterocycles. The smallest absolute Gasteiger partial charge is 0.343 e. The molecule has 1 N–H and O–H groups in total. The van der Waals surface area contributed by atoms with Gasteiger partial charge in [-0.2, -0.15) is 0 Å². The number of H-pyrrole nitrogens is 1. The first-order chi connectivity index (χ1) is 11.3. The Hall–Kier alpha value is -2.09. The number of sulfone groups is 1. The summed E-state index contributed by atoms with van der Waals surface area (Å²) in [7, 11) is -1.33. The largest absolute Gasteiger partial charge is 0.440 e. The van der Waals surface area contributed by atoms with Gasteiger partial charge in [0.2, 0.25) is 5.95 Å². The minimum absolute atomic E-state index is 0.265. The van der Waals surface area contributed by atoms with Crippen molar-refractivity contribution in [1.82, 2.24) is 10.1 Å². The van der Waals surface area contributed by atoms with E-state index in [-0.39, 0.29) is 5.92 Å². The van der Waals surface area contributed by atoms with Crippen LogP contribution in [0.4, 0.5) is 5.95 Å². The third kappa shape index (κ3) is 3.53. The first kappa shape index (κ1) is 16.8. The molecule has 0 fully saturated rings. The Bertz CT molecular complexity index is 871. The van der Waals surface area contributed by atoms with Crippen molar-refractivity contribution in [3.05, 3.63) is 45.9 Å². The van der Waals surface area contributed by atoms with Gasteiger partial charge in [-0.1, -0.05) is 24.3 Å². The van der Waals surface area contributed by atoms with Crippen molar-refractivity contribution < 1.29 is 12.9 Å². The molecule has 0 bridgehead atoms. The van der Waals surface area contributed by atoms with E-state index in [0.717, 1.165) is 24.0 Å². The molecule has 0 radical (unpaired) electrons. The predicted octanol–water partition coefficient (Wildman–Crippen LogP) is 1.54. The van der Waals surface area contributed by atoms with E-state index in [1.54, 1.807) is 4.90 Å². The fraction of sp³-hybridized carbons (Fsp3) is 0.500. The maximum atomic E-state index is 12.2. The number of hydrogen-bond acceptors (Lipinski definition) is 6. The van der Waals surface area contributed by atoms with Gasteiger partial charge in [0.15, 0.2) is 9.84 Å². The molecule has 2 aromatic rings. The summed E-state index contributed by atoms with van der Waals surface area (Å²) in [5.74, 6) is 0.0668. The van der Waals surface area contributed by atoms with E-state index in [9.17, 15) is 13.2 Å². The lowest BCUT2D eigenvalue weighted by atomic mass is 9.82. The predicted molar refractivity (Wildman–Crippen MR) is 90.8 cm³/mol. The van der Waals surface area contributed by atoms with Crippen LogP contribution >= 0.6 is 0 Å². The van der Waals surface area contributed by atoms with Gasteiger partial charge in [0.25, 0.3) is 0 Å². The number of hydrogen-bond donors (Lipinski definition) is 1. The third-order valence-electron chi connectivity index (χ3n) is 4.64. The highest BCUT2D eigenvalue weighted by Crippen LogP contribution is 2.39. The second-order valence-electron chi connectivity index (χ2n) is 6.45. The molecule has 0 saturated carbocycles. The van der Waals surface area contributed by atoms with Crippen LogP contribution in [-0.2, 0) is 16.3 Å². The maximum Gasteiger partial charge on any atom is 0.440 e. The molecule has 3 rings (SSSR count). The van der Waals surface area contributed by atoms with Crippen LogP contribution in [0.1, 0.15) is 29.2 Å². The van der Waals surface area contributed by atoms with E-state index in [1.165, 1.54) is 6.26 Å². The van der Waals surface area contributed by atoms with Gasteiger partial charge in [0.05, 0.1) is 5.25 Å². The minimum atomic E-state index is -3.15. The monoisotopic (exact) mass is 351 g/mol. The van der Waals surface area contributed by atoms with E-state index in [1.807, 2.05) is 31.3 Å².